The molecule has 0 saturated heterocycles. The highest BCUT2D eigenvalue weighted by atomic mass is 32.2. The first-order valence-corrected chi connectivity index (χ1v) is 16.7. The predicted octanol–water partition coefficient (Wildman–Crippen LogP) is 12.0. The van der Waals surface area contributed by atoms with Gasteiger partial charge < -0.3 is 5.32 Å². The average molecular weight is 594 g/mol. The Morgan fingerprint density at radius 3 is 2.28 bits per heavy atom. The lowest BCUT2D eigenvalue weighted by molar-refractivity contribution is 0.502. The second kappa shape index (κ2) is 12.4. The van der Waals surface area contributed by atoms with Gasteiger partial charge in [-0.15, -0.1) is 0 Å². The molecule has 1 unspecified atom stereocenters. The number of hydrogen-bond donors (Lipinski definition) is 1. The maximum absolute atomic E-state index is 4.44. The minimum Gasteiger partial charge on any atom is -0.349 e. The predicted molar refractivity (Wildman–Crippen MR) is 187 cm³/mol. The smallest absolute Gasteiger partial charge is 0.0777 e. The van der Waals surface area contributed by atoms with Gasteiger partial charge in [0.15, 0.2) is 0 Å². The van der Waals surface area contributed by atoms with Crippen LogP contribution in [0.5, 0.6) is 0 Å². The van der Waals surface area contributed by atoms with E-state index in [4.69, 9.17) is 0 Å². The molecule has 0 bridgehead atoms. The normalized spacial score (nSPS) is 19.3. The average Bonchev–Trinajstić information content (AvgIpc) is 3.44. The third-order valence-corrected chi connectivity index (χ3v) is 10.5. The number of allylic oxidation sites excluding steroid dienone is 7. The van der Waals surface area contributed by atoms with Gasteiger partial charge in [-0.3, -0.25) is 0 Å². The lowest BCUT2D eigenvalue weighted by Crippen LogP contribution is -2.13. The SMILES string of the molecule is C=C(/C=C1/C=C2C=C(/C=C3/Nc4ccc(-c5ccccc5)cc4S3)CCC2CC1)Sc1cc(-c2ccccc2)ccc1C. The van der Waals surface area contributed by atoms with Crippen LogP contribution in [0.2, 0.25) is 0 Å². The highest BCUT2D eigenvalue weighted by Gasteiger charge is 2.24. The molecule has 212 valence electrons. The van der Waals surface area contributed by atoms with E-state index in [0.29, 0.717) is 5.92 Å². The zero-order valence-electron chi connectivity index (χ0n) is 24.5. The van der Waals surface area contributed by atoms with Crippen LogP contribution in [-0.4, -0.2) is 0 Å². The maximum atomic E-state index is 4.44. The van der Waals surface area contributed by atoms with Crippen molar-refractivity contribution < 1.29 is 0 Å². The molecule has 1 nitrogen and oxygen atoms in total. The molecular formula is C40H35NS2. The maximum Gasteiger partial charge on any atom is 0.0777 e. The fraction of sp³-hybridized carbons (Fsp3) is 0.150. The minimum atomic E-state index is 0.667. The lowest BCUT2D eigenvalue weighted by Gasteiger charge is -2.28. The van der Waals surface area contributed by atoms with Gasteiger partial charge in [-0.25, -0.2) is 0 Å². The van der Waals surface area contributed by atoms with E-state index in [1.165, 1.54) is 77.9 Å². The largest absolute Gasteiger partial charge is 0.349 e. The fourth-order valence-electron chi connectivity index (χ4n) is 6.17. The Labute approximate surface area is 264 Å². The van der Waals surface area contributed by atoms with Gasteiger partial charge in [-0.1, -0.05) is 121 Å². The van der Waals surface area contributed by atoms with E-state index in [1.807, 2.05) is 11.8 Å². The Morgan fingerprint density at radius 2 is 1.51 bits per heavy atom. The van der Waals surface area contributed by atoms with Crippen molar-refractivity contribution >= 4 is 29.2 Å². The summed E-state index contributed by atoms with van der Waals surface area (Å²) in [5, 5.41) is 4.86. The van der Waals surface area contributed by atoms with Crippen LogP contribution >= 0.6 is 23.5 Å². The van der Waals surface area contributed by atoms with E-state index < -0.39 is 0 Å². The monoisotopic (exact) mass is 593 g/mol. The van der Waals surface area contributed by atoms with Crippen LogP contribution in [0.3, 0.4) is 0 Å². The number of hydrogen-bond acceptors (Lipinski definition) is 3. The van der Waals surface area contributed by atoms with Gasteiger partial charge in [0.05, 0.1) is 10.7 Å². The zero-order chi connectivity index (χ0) is 29.2. The van der Waals surface area contributed by atoms with Crippen molar-refractivity contribution in [1.82, 2.24) is 0 Å². The van der Waals surface area contributed by atoms with Crippen molar-refractivity contribution in [2.75, 3.05) is 5.32 Å². The first-order valence-electron chi connectivity index (χ1n) is 15.1. The van der Waals surface area contributed by atoms with Gasteiger partial charge in [0.25, 0.3) is 0 Å². The van der Waals surface area contributed by atoms with Gasteiger partial charge in [-0.2, -0.15) is 0 Å². The molecule has 1 N–H and O–H groups in total. The Balaban J connectivity index is 1.06. The van der Waals surface area contributed by atoms with Crippen molar-refractivity contribution in [2.45, 2.75) is 42.4 Å². The van der Waals surface area contributed by atoms with Gasteiger partial charge >= 0.3 is 0 Å². The van der Waals surface area contributed by atoms with Crippen molar-refractivity contribution in [3.8, 4) is 22.3 Å². The summed E-state index contributed by atoms with van der Waals surface area (Å²) in [5.41, 5.74) is 11.8. The molecule has 1 aliphatic heterocycles. The summed E-state index contributed by atoms with van der Waals surface area (Å²) in [6.45, 7) is 6.63. The van der Waals surface area contributed by atoms with E-state index in [2.05, 4.69) is 140 Å². The van der Waals surface area contributed by atoms with Gasteiger partial charge in [0, 0.05) is 14.7 Å². The third kappa shape index (κ3) is 6.39. The molecule has 3 aliphatic rings. The number of fused-ring (bicyclic) bond motifs is 2. The van der Waals surface area contributed by atoms with Gasteiger partial charge in [0.1, 0.15) is 0 Å². The molecule has 2 aliphatic carbocycles. The quantitative estimate of drug-likeness (QED) is 0.223. The second-order valence-corrected chi connectivity index (χ2v) is 13.8. The Morgan fingerprint density at radius 1 is 0.814 bits per heavy atom. The molecule has 0 amide bonds. The van der Waals surface area contributed by atoms with Crippen LogP contribution in [-0.2, 0) is 0 Å². The van der Waals surface area contributed by atoms with E-state index in [1.54, 1.807) is 11.8 Å². The van der Waals surface area contributed by atoms with Gasteiger partial charge in [-0.05, 0) is 113 Å². The van der Waals surface area contributed by atoms with Crippen LogP contribution in [0.4, 0.5) is 5.69 Å². The van der Waals surface area contributed by atoms with Gasteiger partial charge in [0.2, 0.25) is 0 Å². The summed E-state index contributed by atoms with van der Waals surface area (Å²) in [4.78, 5) is 3.67. The van der Waals surface area contributed by atoms with Crippen LogP contribution < -0.4 is 5.32 Å². The Hall–Kier alpha value is -3.92. The summed E-state index contributed by atoms with van der Waals surface area (Å²) < 4.78 is 0. The number of rotatable bonds is 6. The molecule has 1 atom stereocenters. The molecule has 0 radical (unpaired) electrons. The highest BCUT2D eigenvalue weighted by Crippen LogP contribution is 2.45. The highest BCUT2D eigenvalue weighted by molar-refractivity contribution is 8.03. The van der Waals surface area contributed by atoms with Crippen molar-refractivity contribution in [3.05, 3.63) is 160 Å². The summed E-state index contributed by atoms with van der Waals surface area (Å²) >= 11 is 3.62. The van der Waals surface area contributed by atoms with E-state index in [0.717, 1.165) is 17.7 Å². The molecular weight excluding hydrogens is 559 g/mol. The third-order valence-electron chi connectivity index (χ3n) is 8.50. The van der Waals surface area contributed by atoms with Crippen LogP contribution in [0.25, 0.3) is 22.3 Å². The number of thioether (sulfide) groups is 2. The second-order valence-electron chi connectivity index (χ2n) is 11.6. The van der Waals surface area contributed by atoms with Crippen LogP contribution in [0.1, 0.15) is 31.2 Å². The molecule has 1 heterocycles. The van der Waals surface area contributed by atoms with Crippen molar-refractivity contribution in [2.24, 2.45) is 5.92 Å². The van der Waals surface area contributed by atoms with Crippen LogP contribution in [0.15, 0.2) is 164 Å². The molecule has 0 saturated carbocycles. The molecule has 4 aromatic rings. The van der Waals surface area contributed by atoms with Crippen molar-refractivity contribution in [1.29, 1.82) is 0 Å². The summed E-state index contributed by atoms with van der Waals surface area (Å²) in [6, 6.07) is 34.7. The molecule has 0 fully saturated rings. The molecule has 7 rings (SSSR count). The number of nitrogens with one attached hydrogen (secondary N) is 1. The van der Waals surface area contributed by atoms with Crippen LogP contribution in [0, 0.1) is 12.8 Å². The Kier molecular flexibility index (Phi) is 8.02. The number of benzene rings is 4. The topological polar surface area (TPSA) is 12.0 Å². The Bertz CT molecular complexity index is 1810. The summed E-state index contributed by atoms with van der Waals surface area (Å²) in [7, 11) is 0. The summed E-state index contributed by atoms with van der Waals surface area (Å²) in [6.07, 6.45) is 14.2. The lowest BCUT2D eigenvalue weighted by atomic mass is 9.77. The fourth-order valence-corrected chi connectivity index (χ4v) is 8.10. The first kappa shape index (κ1) is 27.9. The molecule has 3 heteroatoms. The number of anilines is 1. The zero-order valence-corrected chi connectivity index (χ0v) is 26.1. The minimum absolute atomic E-state index is 0.667. The van der Waals surface area contributed by atoms with Crippen molar-refractivity contribution in [3.63, 3.8) is 0 Å². The first-order chi connectivity index (χ1) is 21.1. The molecule has 0 spiro atoms. The molecule has 4 aromatic carbocycles. The van der Waals surface area contributed by atoms with E-state index in [-0.39, 0.29) is 0 Å². The number of aryl methyl sites for hydroxylation is 1. The molecule has 43 heavy (non-hydrogen) atoms. The standard InChI is InChI=1S/C40H35NS2/c1-27-13-16-34(31-9-5-3-6-10-31)25-38(27)42-28(2)21-29-14-17-33-18-15-30(23-36(33)22-29)24-40-41-37-20-19-35(26-39(37)43-40)32-11-7-4-8-12-32/h3-13,16,19-26,33,41H,2,14-15,17-18H2,1H3/b29-21+,40-24-. The van der Waals surface area contributed by atoms with E-state index >= 15 is 0 Å². The summed E-state index contributed by atoms with van der Waals surface area (Å²) in [5.74, 6) is 0.667. The van der Waals surface area contributed by atoms with E-state index in [9.17, 15) is 0 Å². The molecule has 0 aromatic heterocycles.